The summed E-state index contributed by atoms with van der Waals surface area (Å²) in [4.78, 5) is 12.3. The Balaban J connectivity index is 1.60. The van der Waals surface area contributed by atoms with E-state index in [1.807, 2.05) is 0 Å². The zero-order valence-electron chi connectivity index (χ0n) is 16.7. The number of anilines is 2. The lowest BCUT2D eigenvalue weighted by atomic mass is 9.78. The Morgan fingerprint density at radius 1 is 1.04 bits per heavy atom. The van der Waals surface area contributed by atoms with Crippen LogP contribution in [0, 0.1) is 0 Å². The fraction of sp³-hybridized carbons (Fsp3) is 0.565. The van der Waals surface area contributed by atoms with Gasteiger partial charge < -0.3 is 16.0 Å². The van der Waals surface area contributed by atoms with E-state index in [2.05, 4.69) is 40.5 Å². The fourth-order valence-electron chi connectivity index (χ4n) is 5.71. The van der Waals surface area contributed by atoms with Crippen molar-refractivity contribution in [3.8, 4) is 0 Å². The molecule has 3 N–H and O–H groups in total. The molecule has 1 aliphatic carbocycles. The molecule has 5 nitrogen and oxygen atoms in total. The number of piperidine rings is 2. The van der Waals surface area contributed by atoms with Crippen molar-refractivity contribution < 1.29 is 0 Å². The van der Waals surface area contributed by atoms with E-state index in [9.17, 15) is 0 Å². The molecule has 3 aliphatic rings. The minimum atomic E-state index is 0.199. The van der Waals surface area contributed by atoms with Crippen LogP contribution in [0.15, 0.2) is 30.3 Å². The first kappa shape index (κ1) is 17.9. The summed E-state index contributed by atoms with van der Waals surface area (Å²) < 4.78 is 0. The van der Waals surface area contributed by atoms with Gasteiger partial charge in [0.1, 0.15) is 5.82 Å². The van der Waals surface area contributed by atoms with Gasteiger partial charge >= 0.3 is 0 Å². The lowest BCUT2D eigenvalue weighted by Gasteiger charge is -2.51. The Labute approximate surface area is 167 Å². The van der Waals surface area contributed by atoms with Gasteiger partial charge in [0.15, 0.2) is 0 Å². The molecule has 2 aromatic rings. The lowest BCUT2D eigenvalue weighted by molar-refractivity contribution is 0.240. The predicted octanol–water partition coefficient (Wildman–Crippen LogP) is 3.64. The SMILES string of the molecule is Nc1nc2c(c(N3CCCC[C@]34CCCNC4)n1)CCCC2c1ccccc1. The quantitative estimate of drug-likeness (QED) is 0.836. The molecule has 2 saturated heterocycles. The molecular formula is C23H31N5. The highest BCUT2D eigenvalue weighted by molar-refractivity contribution is 5.57. The van der Waals surface area contributed by atoms with Crippen LogP contribution in [0.5, 0.6) is 0 Å². The van der Waals surface area contributed by atoms with Gasteiger partial charge in [-0.3, -0.25) is 0 Å². The molecule has 1 aromatic heterocycles. The maximum Gasteiger partial charge on any atom is 0.222 e. The highest BCUT2D eigenvalue weighted by atomic mass is 15.3. The van der Waals surface area contributed by atoms with E-state index in [-0.39, 0.29) is 5.54 Å². The van der Waals surface area contributed by atoms with E-state index < -0.39 is 0 Å². The van der Waals surface area contributed by atoms with Crippen LogP contribution in [0.2, 0.25) is 0 Å². The van der Waals surface area contributed by atoms with Crippen molar-refractivity contribution >= 4 is 11.8 Å². The van der Waals surface area contributed by atoms with Crippen LogP contribution < -0.4 is 16.0 Å². The van der Waals surface area contributed by atoms with E-state index in [0.717, 1.165) is 38.3 Å². The molecule has 5 heteroatoms. The third-order valence-electron chi connectivity index (χ3n) is 7.04. The molecule has 2 fully saturated rings. The summed E-state index contributed by atoms with van der Waals surface area (Å²) in [6, 6.07) is 10.8. The molecule has 28 heavy (non-hydrogen) atoms. The maximum absolute atomic E-state index is 6.28. The summed E-state index contributed by atoms with van der Waals surface area (Å²) in [7, 11) is 0. The van der Waals surface area contributed by atoms with E-state index in [0.29, 0.717) is 11.9 Å². The van der Waals surface area contributed by atoms with Crippen molar-refractivity contribution in [1.29, 1.82) is 0 Å². The number of nitrogens with two attached hydrogens (primary N) is 1. The van der Waals surface area contributed by atoms with Crippen LogP contribution in [-0.2, 0) is 6.42 Å². The van der Waals surface area contributed by atoms with Crippen LogP contribution in [0.1, 0.15) is 67.7 Å². The number of hydrogen-bond acceptors (Lipinski definition) is 5. The highest BCUT2D eigenvalue weighted by Crippen LogP contribution is 2.43. The van der Waals surface area contributed by atoms with Crippen molar-refractivity contribution in [2.24, 2.45) is 0 Å². The summed E-state index contributed by atoms with van der Waals surface area (Å²) in [5, 5.41) is 3.66. The molecule has 0 radical (unpaired) electrons. The summed E-state index contributed by atoms with van der Waals surface area (Å²) in [5.41, 5.74) is 10.3. The summed E-state index contributed by atoms with van der Waals surface area (Å²) in [6.45, 7) is 3.28. The smallest absolute Gasteiger partial charge is 0.222 e. The van der Waals surface area contributed by atoms with Crippen LogP contribution in [0.4, 0.5) is 11.8 Å². The highest BCUT2D eigenvalue weighted by Gasteiger charge is 2.42. The Hall–Kier alpha value is -2.14. The molecular weight excluding hydrogens is 346 g/mol. The minimum Gasteiger partial charge on any atom is -0.368 e. The van der Waals surface area contributed by atoms with Crippen LogP contribution in [-0.4, -0.2) is 35.1 Å². The average Bonchev–Trinajstić information content (AvgIpc) is 2.74. The lowest BCUT2D eigenvalue weighted by Crippen LogP contribution is -2.60. The summed E-state index contributed by atoms with van der Waals surface area (Å²) in [5.74, 6) is 1.90. The number of benzene rings is 1. The second kappa shape index (κ2) is 7.36. The predicted molar refractivity (Wildman–Crippen MR) is 114 cm³/mol. The van der Waals surface area contributed by atoms with Crippen molar-refractivity contribution in [3.05, 3.63) is 47.2 Å². The van der Waals surface area contributed by atoms with Gasteiger partial charge in [-0.1, -0.05) is 30.3 Å². The third-order valence-corrected chi connectivity index (χ3v) is 7.04. The van der Waals surface area contributed by atoms with Crippen LogP contribution in [0.25, 0.3) is 0 Å². The minimum absolute atomic E-state index is 0.199. The zero-order valence-corrected chi connectivity index (χ0v) is 16.7. The Morgan fingerprint density at radius 2 is 1.89 bits per heavy atom. The molecule has 1 unspecified atom stereocenters. The van der Waals surface area contributed by atoms with Gasteiger partial charge in [0.05, 0.1) is 11.2 Å². The molecule has 2 aliphatic heterocycles. The molecule has 1 aromatic carbocycles. The van der Waals surface area contributed by atoms with Crippen LogP contribution >= 0.6 is 0 Å². The van der Waals surface area contributed by atoms with Crippen molar-refractivity contribution in [1.82, 2.24) is 15.3 Å². The standard InChI is InChI=1S/C23H31N5/c24-22-26-20-18(17-8-2-1-3-9-17)10-6-11-19(20)21(27-22)28-15-5-4-12-23(28)13-7-14-25-16-23/h1-3,8-9,18,25H,4-7,10-16H2,(H2,24,26,27)/t18?,23-/m1/s1. The van der Waals surface area contributed by atoms with Gasteiger partial charge in [-0.05, 0) is 63.5 Å². The molecule has 148 valence electrons. The number of nitrogens with zero attached hydrogens (tertiary/aromatic N) is 3. The Kier molecular flexibility index (Phi) is 4.71. The van der Waals surface area contributed by atoms with Crippen molar-refractivity contribution in [2.75, 3.05) is 30.3 Å². The van der Waals surface area contributed by atoms with Gasteiger partial charge in [-0.2, -0.15) is 4.98 Å². The van der Waals surface area contributed by atoms with Crippen molar-refractivity contribution in [3.63, 3.8) is 0 Å². The molecule has 0 amide bonds. The van der Waals surface area contributed by atoms with Gasteiger partial charge in [0.25, 0.3) is 0 Å². The maximum atomic E-state index is 6.28. The Morgan fingerprint density at radius 3 is 2.71 bits per heavy atom. The van der Waals surface area contributed by atoms with E-state index in [1.165, 1.54) is 55.3 Å². The normalized spacial score (nSPS) is 27.6. The number of nitrogen functional groups attached to an aromatic ring is 1. The first-order chi connectivity index (χ1) is 13.8. The average molecular weight is 378 g/mol. The molecule has 3 heterocycles. The van der Waals surface area contributed by atoms with Crippen molar-refractivity contribution in [2.45, 2.75) is 62.8 Å². The summed E-state index contributed by atoms with van der Waals surface area (Å²) in [6.07, 6.45) is 9.68. The molecule has 2 atom stereocenters. The second-order valence-electron chi connectivity index (χ2n) is 8.74. The largest absolute Gasteiger partial charge is 0.368 e. The second-order valence-corrected chi connectivity index (χ2v) is 8.74. The zero-order chi connectivity index (χ0) is 19.0. The van der Waals surface area contributed by atoms with Gasteiger partial charge in [-0.15, -0.1) is 0 Å². The molecule has 0 bridgehead atoms. The van der Waals surface area contributed by atoms with Crippen LogP contribution in [0.3, 0.4) is 0 Å². The number of rotatable bonds is 2. The number of fused-ring (bicyclic) bond motifs is 1. The number of nitrogens with one attached hydrogen (secondary N) is 1. The third kappa shape index (κ3) is 3.06. The van der Waals surface area contributed by atoms with E-state index >= 15 is 0 Å². The van der Waals surface area contributed by atoms with Gasteiger partial charge in [-0.25, -0.2) is 4.98 Å². The van der Waals surface area contributed by atoms with E-state index in [4.69, 9.17) is 15.7 Å². The molecule has 0 saturated carbocycles. The Bertz CT molecular complexity index is 820. The van der Waals surface area contributed by atoms with Gasteiger partial charge in [0, 0.05) is 24.6 Å². The first-order valence-electron chi connectivity index (χ1n) is 11.0. The topological polar surface area (TPSA) is 67.1 Å². The first-order valence-corrected chi connectivity index (χ1v) is 11.0. The summed E-state index contributed by atoms with van der Waals surface area (Å²) >= 11 is 0. The van der Waals surface area contributed by atoms with Gasteiger partial charge in [0.2, 0.25) is 5.95 Å². The monoisotopic (exact) mass is 377 g/mol. The molecule has 5 rings (SSSR count). The number of hydrogen-bond donors (Lipinski definition) is 2. The van der Waals surface area contributed by atoms with E-state index in [1.54, 1.807) is 0 Å². The number of aromatic nitrogens is 2. The molecule has 1 spiro atoms. The fourth-order valence-corrected chi connectivity index (χ4v) is 5.71.